The predicted octanol–water partition coefficient (Wildman–Crippen LogP) is 0.828. The summed E-state index contributed by atoms with van der Waals surface area (Å²) in [5, 5.41) is 0. The molecule has 1 aliphatic heterocycles. The monoisotopic (exact) mass is 465 g/mol. The highest BCUT2D eigenvalue weighted by Crippen LogP contribution is 2.46. The second-order valence-corrected chi connectivity index (χ2v) is 8.14. The number of rotatable bonds is 3. The van der Waals surface area contributed by atoms with Crippen LogP contribution in [0.15, 0.2) is 30.3 Å². The van der Waals surface area contributed by atoms with Crippen LogP contribution in [0.25, 0.3) is 0 Å². The van der Waals surface area contributed by atoms with E-state index in [0.717, 1.165) is 0 Å². The second kappa shape index (κ2) is 7.92. The number of nitrogens with two attached hydrogens (primary N) is 9. The maximum Gasteiger partial charge on any atom is 0.338 e. The normalized spacial score (nSPS) is 16.9. The van der Waals surface area contributed by atoms with Crippen LogP contribution in [0.1, 0.15) is 27.6 Å². The SMILES string of the molecule is Nc1cc(C(=O)OC2Cc3c(N)cc(N)c(N)c3OC2c2cc(N)c(N)c(N)c2)cc(N)c1N. The predicted molar refractivity (Wildman–Crippen MR) is 135 cm³/mol. The van der Waals surface area contributed by atoms with E-state index in [1.165, 1.54) is 18.2 Å². The van der Waals surface area contributed by atoms with Crippen LogP contribution in [-0.4, -0.2) is 12.1 Å². The molecule has 12 heteroatoms. The van der Waals surface area contributed by atoms with Crippen molar-refractivity contribution in [1.29, 1.82) is 0 Å². The molecule has 12 nitrogen and oxygen atoms in total. The summed E-state index contributed by atoms with van der Waals surface area (Å²) in [6.07, 6.45) is -1.53. The van der Waals surface area contributed by atoms with Crippen molar-refractivity contribution in [1.82, 2.24) is 0 Å². The van der Waals surface area contributed by atoms with Crippen molar-refractivity contribution in [2.45, 2.75) is 18.6 Å². The molecule has 178 valence electrons. The molecule has 0 amide bonds. The summed E-state index contributed by atoms with van der Waals surface area (Å²) in [5.41, 5.74) is 56.9. The van der Waals surface area contributed by atoms with Gasteiger partial charge < -0.3 is 61.1 Å². The maximum absolute atomic E-state index is 13.0. The van der Waals surface area contributed by atoms with Gasteiger partial charge in [-0.15, -0.1) is 0 Å². The van der Waals surface area contributed by atoms with Gasteiger partial charge in [-0.3, -0.25) is 0 Å². The van der Waals surface area contributed by atoms with E-state index in [-0.39, 0.29) is 57.5 Å². The molecule has 0 saturated heterocycles. The van der Waals surface area contributed by atoms with Gasteiger partial charge in [-0.25, -0.2) is 4.79 Å². The van der Waals surface area contributed by atoms with Crippen molar-refractivity contribution >= 4 is 57.2 Å². The van der Waals surface area contributed by atoms with Gasteiger partial charge in [0.05, 0.1) is 51.1 Å². The molecule has 0 saturated carbocycles. The van der Waals surface area contributed by atoms with Crippen molar-refractivity contribution in [3.8, 4) is 5.75 Å². The summed E-state index contributed by atoms with van der Waals surface area (Å²) in [7, 11) is 0. The fourth-order valence-electron chi connectivity index (χ4n) is 3.91. The molecule has 1 aliphatic rings. The number of anilines is 9. The van der Waals surface area contributed by atoms with Crippen molar-refractivity contribution in [3.05, 3.63) is 47.0 Å². The molecule has 3 aromatic carbocycles. The molecular formula is C22H27N9O3. The third-order valence-corrected chi connectivity index (χ3v) is 5.81. The molecular weight excluding hydrogens is 438 g/mol. The van der Waals surface area contributed by atoms with E-state index in [1.54, 1.807) is 12.1 Å². The Morgan fingerprint density at radius 2 is 1.21 bits per heavy atom. The zero-order valence-electron chi connectivity index (χ0n) is 18.2. The summed E-state index contributed by atoms with van der Waals surface area (Å²) in [6.45, 7) is 0. The van der Waals surface area contributed by atoms with Crippen LogP contribution in [0.2, 0.25) is 0 Å². The zero-order valence-corrected chi connectivity index (χ0v) is 18.2. The van der Waals surface area contributed by atoms with Crippen molar-refractivity contribution < 1.29 is 14.3 Å². The van der Waals surface area contributed by atoms with Gasteiger partial charge in [0.25, 0.3) is 0 Å². The summed E-state index contributed by atoms with van der Waals surface area (Å²) < 4.78 is 12.0. The largest absolute Gasteiger partial charge is 0.479 e. The fourth-order valence-corrected chi connectivity index (χ4v) is 3.91. The summed E-state index contributed by atoms with van der Waals surface area (Å²) in [5.74, 6) is -0.399. The Hall–Kier alpha value is -4.87. The lowest BCUT2D eigenvalue weighted by Gasteiger charge is -2.35. The Morgan fingerprint density at radius 1 is 0.706 bits per heavy atom. The highest BCUT2D eigenvalue weighted by molar-refractivity contribution is 5.95. The molecule has 4 rings (SSSR count). The number of fused-ring (bicyclic) bond motifs is 1. The molecule has 0 fully saturated rings. The number of hydrogen-bond acceptors (Lipinski definition) is 12. The number of esters is 1. The number of nitrogen functional groups attached to an aromatic ring is 9. The zero-order chi connectivity index (χ0) is 24.9. The standard InChI is InChI=1S/C22H27N9O3/c23-10-6-15(28)19(31)21-9(10)5-16(20(34-21)7-1-11(24)17(29)12(25)2-7)33-22(32)8-3-13(26)18(30)14(27)4-8/h1-4,6,16,20H,5,23-31H2. The van der Waals surface area contributed by atoms with Crippen LogP contribution in [0.4, 0.5) is 51.2 Å². The fraction of sp³-hybridized carbons (Fsp3) is 0.136. The molecule has 0 spiro atoms. The van der Waals surface area contributed by atoms with Crippen LogP contribution in [0.5, 0.6) is 5.75 Å². The Labute approximate surface area is 194 Å². The van der Waals surface area contributed by atoms with Gasteiger partial charge in [0.2, 0.25) is 0 Å². The Balaban J connectivity index is 1.78. The van der Waals surface area contributed by atoms with Crippen LogP contribution in [0, 0.1) is 0 Å². The first-order valence-electron chi connectivity index (χ1n) is 10.2. The topological polar surface area (TPSA) is 270 Å². The number of benzene rings is 3. The number of ether oxygens (including phenoxy) is 2. The van der Waals surface area contributed by atoms with Gasteiger partial charge in [-0.2, -0.15) is 0 Å². The first-order chi connectivity index (χ1) is 16.0. The molecule has 3 aromatic rings. The third kappa shape index (κ3) is 3.66. The highest BCUT2D eigenvalue weighted by Gasteiger charge is 2.37. The third-order valence-electron chi connectivity index (χ3n) is 5.81. The minimum Gasteiger partial charge on any atom is -0.479 e. The smallest absolute Gasteiger partial charge is 0.338 e. The van der Waals surface area contributed by atoms with E-state index < -0.39 is 18.2 Å². The first-order valence-corrected chi connectivity index (χ1v) is 10.2. The van der Waals surface area contributed by atoms with Gasteiger partial charge in [0.15, 0.2) is 11.9 Å². The lowest BCUT2D eigenvalue weighted by molar-refractivity contribution is -0.0177. The van der Waals surface area contributed by atoms with E-state index in [0.29, 0.717) is 22.6 Å². The van der Waals surface area contributed by atoms with E-state index >= 15 is 0 Å². The first kappa shape index (κ1) is 22.3. The average Bonchev–Trinajstić information content (AvgIpc) is 2.78. The molecule has 2 unspecified atom stereocenters. The van der Waals surface area contributed by atoms with E-state index in [2.05, 4.69) is 0 Å². The van der Waals surface area contributed by atoms with E-state index in [4.69, 9.17) is 61.1 Å². The van der Waals surface area contributed by atoms with E-state index in [9.17, 15) is 4.79 Å². The van der Waals surface area contributed by atoms with Crippen LogP contribution >= 0.6 is 0 Å². The molecule has 1 heterocycles. The summed E-state index contributed by atoms with van der Waals surface area (Å²) >= 11 is 0. The lowest BCUT2D eigenvalue weighted by Crippen LogP contribution is -2.35. The number of carbonyl (C=O) groups is 1. The number of carbonyl (C=O) groups excluding carboxylic acids is 1. The summed E-state index contributed by atoms with van der Waals surface area (Å²) in [4.78, 5) is 13.0. The molecule has 0 bridgehead atoms. The Kier molecular flexibility index (Phi) is 5.20. The van der Waals surface area contributed by atoms with Gasteiger partial charge in [0.1, 0.15) is 6.10 Å². The molecule has 0 aromatic heterocycles. The van der Waals surface area contributed by atoms with Crippen LogP contribution in [-0.2, 0) is 11.2 Å². The van der Waals surface area contributed by atoms with E-state index in [1.807, 2.05) is 0 Å². The van der Waals surface area contributed by atoms with Crippen LogP contribution in [0.3, 0.4) is 0 Å². The second-order valence-electron chi connectivity index (χ2n) is 8.14. The quantitative estimate of drug-likeness (QED) is 0.192. The Bertz CT molecular complexity index is 1280. The lowest BCUT2D eigenvalue weighted by atomic mass is 9.92. The minimum absolute atomic E-state index is 0.120. The van der Waals surface area contributed by atoms with Crippen molar-refractivity contribution in [2.75, 3.05) is 51.6 Å². The van der Waals surface area contributed by atoms with Gasteiger partial charge in [-0.1, -0.05) is 0 Å². The average molecular weight is 466 g/mol. The molecule has 2 atom stereocenters. The minimum atomic E-state index is -0.854. The van der Waals surface area contributed by atoms with Gasteiger partial charge >= 0.3 is 5.97 Å². The highest BCUT2D eigenvalue weighted by atomic mass is 16.6. The maximum atomic E-state index is 13.0. The van der Waals surface area contributed by atoms with Crippen LogP contribution < -0.4 is 56.3 Å². The number of hydrogen-bond donors (Lipinski definition) is 9. The molecule has 0 radical (unpaired) electrons. The van der Waals surface area contributed by atoms with Crippen molar-refractivity contribution in [2.24, 2.45) is 0 Å². The van der Waals surface area contributed by atoms with Gasteiger partial charge in [0, 0.05) is 23.2 Å². The molecule has 0 aliphatic carbocycles. The van der Waals surface area contributed by atoms with Crippen molar-refractivity contribution in [3.63, 3.8) is 0 Å². The van der Waals surface area contributed by atoms with Gasteiger partial charge in [-0.05, 0) is 30.3 Å². The molecule has 34 heavy (non-hydrogen) atoms. The summed E-state index contributed by atoms with van der Waals surface area (Å²) in [6, 6.07) is 7.47. The Morgan fingerprint density at radius 3 is 1.76 bits per heavy atom. The molecule has 18 N–H and O–H groups in total.